The van der Waals surface area contributed by atoms with Gasteiger partial charge in [0.25, 0.3) is 11.4 Å². The molecule has 2 heterocycles. The molecular formula is C19H18BrClN4O2. The number of ether oxygens (including phenoxy) is 1. The summed E-state index contributed by atoms with van der Waals surface area (Å²) in [6.07, 6.45) is 4.94. The first-order valence-electron chi connectivity index (χ1n) is 8.36. The Balaban J connectivity index is 1.75. The molecule has 140 valence electrons. The Morgan fingerprint density at radius 3 is 2.81 bits per heavy atom. The Hall–Kier alpha value is -2.38. The zero-order valence-corrected chi connectivity index (χ0v) is 17.0. The average molecular weight is 450 g/mol. The summed E-state index contributed by atoms with van der Waals surface area (Å²) < 4.78 is 6.21. The number of nitrogens with one attached hydrogen (secondary N) is 1. The second-order valence-corrected chi connectivity index (χ2v) is 7.03. The summed E-state index contributed by atoms with van der Waals surface area (Å²) in [6.45, 7) is 0.435. The van der Waals surface area contributed by atoms with E-state index in [1.807, 2.05) is 48.3 Å². The smallest absolute Gasteiger partial charge is 0.280 e. The monoisotopic (exact) mass is 448 g/mol. The van der Waals surface area contributed by atoms with Crippen LogP contribution in [0.2, 0.25) is 5.02 Å². The number of halogens is 2. The number of hydrogen-bond acceptors (Lipinski definition) is 5. The van der Waals surface area contributed by atoms with Crippen LogP contribution in [0.3, 0.4) is 0 Å². The number of hydrogen-bond donors (Lipinski definition) is 1. The zero-order valence-electron chi connectivity index (χ0n) is 14.7. The fourth-order valence-electron chi connectivity index (χ4n) is 2.61. The molecule has 0 amide bonds. The van der Waals surface area contributed by atoms with Gasteiger partial charge in [0, 0.05) is 18.3 Å². The van der Waals surface area contributed by atoms with E-state index in [2.05, 4.69) is 31.1 Å². The van der Waals surface area contributed by atoms with Crippen LogP contribution in [0.15, 0.2) is 58.1 Å². The molecule has 0 bridgehead atoms. The summed E-state index contributed by atoms with van der Waals surface area (Å²) in [5, 5.41) is 7.26. The minimum absolute atomic E-state index is 0.329. The van der Waals surface area contributed by atoms with Gasteiger partial charge in [-0.15, -0.1) is 5.10 Å². The fraction of sp³-hybridized carbons (Fsp3) is 0.211. The van der Waals surface area contributed by atoms with Crippen LogP contribution in [-0.2, 0) is 6.42 Å². The van der Waals surface area contributed by atoms with Gasteiger partial charge in [-0.2, -0.15) is 0 Å². The van der Waals surface area contributed by atoms with Crippen molar-refractivity contribution in [2.24, 2.45) is 0 Å². The Bertz CT molecular complexity index is 965. The molecule has 0 saturated carbocycles. The van der Waals surface area contributed by atoms with Crippen molar-refractivity contribution in [3.05, 3.63) is 74.2 Å². The van der Waals surface area contributed by atoms with Crippen LogP contribution in [0.1, 0.15) is 12.0 Å². The molecule has 27 heavy (non-hydrogen) atoms. The molecule has 0 saturated heterocycles. The first-order valence-corrected chi connectivity index (χ1v) is 9.53. The molecule has 0 unspecified atom stereocenters. The molecule has 3 aromatic rings. The number of rotatable bonds is 7. The maximum Gasteiger partial charge on any atom is 0.280 e. The lowest BCUT2D eigenvalue weighted by atomic mass is 10.1. The fourth-order valence-corrected chi connectivity index (χ4v) is 3.36. The highest BCUT2D eigenvalue weighted by atomic mass is 79.9. The lowest BCUT2D eigenvalue weighted by Crippen LogP contribution is -2.20. The lowest BCUT2D eigenvalue weighted by Gasteiger charge is -2.22. The van der Waals surface area contributed by atoms with Gasteiger partial charge in [-0.05, 0) is 52.5 Å². The van der Waals surface area contributed by atoms with Gasteiger partial charge in [-0.1, -0.05) is 29.8 Å². The quantitative estimate of drug-likeness (QED) is 0.543. The summed E-state index contributed by atoms with van der Waals surface area (Å²) in [6, 6.07) is 11.5. The van der Waals surface area contributed by atoms with Crippen LogP contribution in [0.5, 0.6) is 5.88 Å². The number of aromatic amines is 1. The molecule has 0 aliphatic carbocycles. The Labute approximate surface area is 170 Å². The number of aromatic nitrogens is 3. The molecule has 0 fully saturated rings. The van der Waals surface area contributed by atoms with Crippen molar-refractivity contribution in [2.45, 2.75) is 12.8 Å². The number of nitrogens with zero attached hydrogens (tertiary/aromatic N) is 3. The van der Waals surface area contributed by atoms with Crippen LogP contribution in [0.25, 0.3) is 0 Å². The summed E-state index contributed by atoms with van der Waals surface area (Å²) in [7, 11) is 1.83. The van der Waals surface area contributed by atoms with Gasteiger partial charge in [0.15, 0.2) is 0 Å². The number of aryl methyl sites for hydroxylation is 1. The van der Waals surface area contributed by atoms with Crippen LogP contribution in [0, 0.1) is 0 Å². The van der Waals surface area contributed by atoms with E-state index in [4.69, 9.17) is 16.3 Å². The summed E-state index contributed by atoms with van der Waals surface area (Å²) >= 11 is 9.52. The normalized spacial score (nSPS) is 10.6. The van der Waals surface area contributed by atoms with Gasteiger partial charge >= 0.3 is 0 Å². The third-order valence-electron chi connectivity index (χ3n) is 4.02. The highest BCUT2D eigenvalue weighted by Gasteiger charge is 2.19. The van der Waals surface area contributed by atoms with Crippen LogP contribution in [-0.4, -0.2) is 28.8 Å². The predicted octanol–water partition coefficient (Wildman–Crippen LogP) is 4.36. The van der Waals surface area contributed by atoms with Gasteiger partial charge < -0.3 is 9.64 Å². The Kier molecular flexibility index (Phi) is 6.47. The molecule has 0 aliphatic heterocycles. The minimum Gasteiger partial charge on any atom is -0.475 e. The molecule has 8 heteroatoms. The molecule has 2 aromatic heterocycles. The highest BCUT2D eigenvalue weighted by Crippen LogP contribution is 2.34. The molecule has 0 radical (unpaired) electrons. The second kappa shape index (κ2) is 9.01. The predicted molar refractivity (Wildman–Crippen MR) is 110 cm³/mol. The SMILES string of the molecule is CN(c1cccnc1)c1c(OCCCc2ccccc2Cl)n[nH]c(=O)c1Br. The van der Waals surface area contributed by atoms with E-state index in [0.717, 1.165) is 29.1 Å². The molecule has 0 spiro atoms. The first kappa shape index (κ1) is 19.4. The van der Waals surface area contributed by atoms with Gasteiger partial charge in [0.2, 0.25) is 0 Å². The molecule has 6 nitrogen and oxygen atoms in total. The topological polar surface area (TPSA) is 71.1 Å². The van der Waals surface area contributed by atoms with Crippen molar-refractivity contribution in [1.29, 1.82) is 0 Å². The molecule has 1 aromatic carbocycles. The average Bonchev–Trinajstić information content (AvgIpc) is 2.69. The number of pyridine rings is 1. The Morgan fingerprint density at radius 2 is 2.07 bits per heavy atom. The van der Waals surface area contributed by atoms with E-state index in [0.29, 0.717) is 22.6 Å². The van der Waals surface area contributed by atoms with Crippen molar-refractivity contribution < 1.29 is 4.74 Å². The van der Waals surface area contributed by atoms with Crippen molar-refractivity contribution in [3.8, 4) is 5.88 Å². The number of anilines is 2. The maximum absolute atomic E-state index is 12.0. The third kappa shape index (κ3) is 4.67. The number of H-pyrrole nitrogens is 1. The van der Waals surface area contributed by atoms with E-state index in [-0.39, 0.29) is 5.56 Å². The molecule has 0 aliphatic rings. The van der Waals surface area contributed by atoms with Crippen LogP contribution >= 0.6 is 27.5 Å². The van der Waals surface area contributed by atoms with E-state index in [1.54, 1.807) is 12.4 Å². The van der Waals surface area contributed by atoms with E-state index < -0.39 is 0 Å². The molecule has 3 rings (SSSR count). The lowest BCUT2D eigenvalue weighted by molar-refractivity contribution is 0.296. The first-order chi connectivity index (χ1) is 13.1. The van der Waals surface area contributed by atoms with Gasteiger partial charge in [0.05, 0.1) is 18.5 Å². The summed E-state index contributed by atoms with van der Waals surface area (Å²) in [5.41, 5.74) is 2.10. The Morgan fingerprint density at radius 1 is 1.26 bits per heavy atom. The van der Waals surface area contributed by atoms with Crippen molar-refractivity contribution in [1.82, 2.24) is 15.2 Å². The third-order valence-corrected chi connectivity index (χ3v) is 5.13. The van der Waals surface area contributed by atoms with Gasteiger partial charge in [0.1, 0.15) is 10.2 Å². The summed E-state index contributed by atoms with van der Waals surface area (Å²) in [4.78, 5) is 17.9. The standard InChI is InChI=1S/C19H18BrClN4O2/c1-25(14-8-4-10-22-12-14)17-16(20)18(26)23-24-19(17)27-11-5-7-13-6-2-3-9-15(13)21/h2-4,6,8-10,12H,5,7,11H2,1H3,(H,23,26). The number of benzene rings is 1. The van der Waals surface area contributed by atoms with E-state index in [1.165, 1.54) is 0 Å². The largest absolute Gasteiger partial charge is 0.475 e. The molecule has 1 N–H and O–H groups in total. The van der Waals surface area contributed by atoms with Crippen LogP contribution < -0.4 is 15.2 Å². The highest BCUT2D eigenvalue weighted by molar-refractivity contribution is 9.10. The second-order valence-electron chi connectivity index (χ2n) is 5.83. The van der Waals surface area contributed by atoms with Gasteiger partial charge in [-0.3, -0.25) is 9.78 Å². The zero-order chi connectivity index (χ0) is 19.2. The van der Waals surface area contributed by atoms with Crippen molar-refractivity contribution in [2.75, 3.05) is 18.6 Å². The molecule has 0 atom stereocenters. The van der Waals surface area contributed by atoms with Crippen molar-refractivity contribution >= 4 is 38.9 Å². The molecular weight excluding hydrogens is 432 g/mol. The van der Waals surface area contributed by atoms with E-state index in [9.17, 15) is 4.79 Å². The maximum atomic E-state index is 12.0. The summed E-state index contributed by atoms with van der Waals surface area (Å²) in [5.74, 6) is 0.340. The van der Waals surface area contributed by atoms with Crippen molar-refractivity contribution in [3.63, 3.8) is 0 Å². The van der Waals surface area contributed by atoms with Gasteiger partial charge in [-0.25, -0.2) is 5.10 Å². The minimum atomic E-state index is -0.329. The van der Waals surface area contributed by atoms with Crippen LogP contribution in [0.4, 0.5) is 11.4 Å². The van der Waals surface area contributed by atoms with E-state index >= 15 is 0 Å².